The number of ether oxygens (including phenoxy) is 2. The van der Waals surface area contributed by atoms with Crippen LogP contribution in [-0.4, -0.2) is 68.0 Å². The molecule has 5 aromatic carbocycles. The third-order valence-corrected chi connectivity index (χ3v) is 13.3. The molecule has 6 aromatic rings. The average molecular weight is 953 g/mol. The van der Waals surface area contributed by atoms with E-state index in [1.807, 2.05) is 152 Å². The van der Waals surface area contributed by atoms with Gasteiger partial charge < -0.3 is 24.9 Å². The molecular formula is C52H46ClN5O7S2. The Hall–Kier alpha value is -7.00. The van der Waals surface area contributed by atoms with E-state index in [-0.39, 0.29) is 23.0 Å². The van der Waals surface area contributed by atoms with Crippen LogP contribution in [0.1, 0.15) is 60.4 Å². The Bertz CT molecular complexity index is 2680. The molecule has 0 radical (unpaired) electrons. The third-order valence-electron chi connectivity index (χ3n) is 10.9. The molecule has 0 bridgehead atoms. The Labute approximate surface area is 401 Å². The Kier molecular flexibility index (Phi) is 14.1. The van der Waals surface area contributed by atoms with Gasteiger partial charge in [0.1, 0.15) is 33.9 Å². The molecule has 1 unspecified atom stereocenters. The highest BCUT2D eigenvalue weighted by molar-refractivity contribution is 8.00. The van der Waals surface area contributed by atoms with Crippen LogP contribution in [0.4, 0.5) is 5.13 Å². The van der Waals surface area contributed by atoms with E-state index in [0.717, 1.165) is 27.8 Å². The van der Waals surface area contributed by atoms with Gasteiger partial charge >= 0.3 is 11.9 Å². The minimum atomic E-state index is -1.10. The number of nitrogens with zero attached hydrogens (tertiary/aromatic N) is 3. The van der Waals surface area contributed by atoms with Crippen molar-refractivity contribution in [3.05, 3.63) is 214 Å². The van der Waals surface area contributed by atoms with Crippen molar-refractivity contribution in [2.45, 2.75) is 49.4 Å². The lowest BCUT2D eigenvalue weighted by Gasteiger charge is -2.49. The van der Waals surface area contributed by atoms with Gasteiger partial charge in [-0.3, -0.25) is 14.5 Å². The summed E-state index contributed by atoms with van der Waals surface area (Å²) in [6.45, 7) is 8.75. The van der Waals surface area contributed by atoms with E-state index in [1.165, 1.54) is 28.0 Å². The van der Waals surface area contributed by atoms with E-state index in [1.54, 1.807) is 26.2 Å². The lowest BCUT2D eigenvalue weighted by molar-refractivity contribution is -0.154. The molecule has 340 valence electrons. The summed E-state index contributed by atoms with van der Waals surface area (Å²) >= 11 is 8.96. The van der Waals surface area contributed by atoms with Crippen molar-refractivity contribution < 1.29 is 33.5 Å². The topological polar surface area (TPSA) is 149 Å². The largest absolute Gasteiger partial charge is 0.454 e. The van der Waals surface area contributed by atoms with Crippen LogP contribution in [0, 0.1) is 0 Å². The molecule has 67 heavy (non-hydrogen) atoms. The zero-order valence-electron chi connectivity index (χ0n) is 36.8. The Morgan fingerprint density at radius 1 is 0.821 bits per heavy atom. The number of oxime groups is 1. The Morgan fingerprint density at radius 3 is 1.82 bits per heavy atom. The molecule has 2 atom stereocenters. The number of esters is 2. The van der Waals surface area contributed by atoms with Gasteiger partial charge in [0.2, 0.25) is 5.76 Å². The summed E-state index contributed by atoms with van der Waals surface area (Å²) in [5, 5.41) is 12.0. The fourth-order valence-electron chi connectivity index (χ4n) is 7.79. The molecule has 8 rings (SSSR count). The van der Waals surface area contributed by atoms with Crippen molar-refractivity contribution in [1.82, 2.24) is 15.2 Å². The number of thioether (sulfide) groups is 1. The zero-order chi connectivity index (χ0) is 47.1. The minimum Gasteiger partial charge on any atom is -0.454 e. The maximum atomic E-state index is 14.5. The summed E-state index contributed by atoms with van der Waals surface area (Å²) in [5.41, 5.74) is 2.72. The highest BCUT2D eigenvalue weighted by atomic mass is 35.5. The van der Waals surface area contributed by atoms with Gasteiger partial charge in [0.15, 0.2) is 16.9 Å². The third kappa shape index (κ3) is 10.1. The van der Waals surface area contributed by atoms with Crippen molar-refractivity contribution in [2.24, 2.45) is 5.16 Å². The molecular weight excluding hydrogens is 906 g/mol. The number of thiazole rings is 1. The number of aromatic nitrogens is 1. The molecule has 1 aromatic heterocycles. The first-order valence-electron chi connectivity index (χ1n) is 21.3. The van der Waals surface area contributed by atoms with Gasteiger partial charge in [-0.15, -0.1) is 34.7 Å². The van der Waals surface area contributed by atoms with Gasteiger partial charge in [-0.1, -0.05) is 157 Å². The molecule has 2 aliphatic rings. The number of rotatable bonds is 16. The van der Waals surface area contributed by atoms with Crippen molar-refractivity contribution in [1.29, 1.82) is 0 Å². The first-order valence-corrected chi connectivity index (χ1v) is 23.8. The van der Waals surface area contributed by atoms with Crippen LogP contribution in [-0.2, 0) is 39.0 Å². The SMILES string of the molecule is C=C(ON=C(C(=O)NC1C(=O)N2C(C(=O)OC(c3ccccc3)c3ccccc3)=C(CCl)CS[C@H]12)c1csc(NC(c2ccccc2)(c2ccccc2)c2ccccc2)n1)C(=O)OC(C)(C)C. The Morgan fingerprint density at radius 2 is 1.33 bits per heavy atom. The molecule has 12 nitrogen and oxygen atoms in total. The number of hydrogen-bond donors (Lipinski definition) is 2. The number of carbonyl (C=O) groups excluding carboxylic acids is 4. The van der Waals surface area contributed by atoms with Gasteiger partial charge in [0, 0.05) is 17.0 Å². The van der Waals surface area contributed by atoms with Crippen LogP contribution in [0.5, 0.6) is 0 Å². The van der Waals surface area contributed by atoms with Crippen molar-refractivity contribution >= 4 is 69.3 Å². The monoisotopic (exact) mass is 951 g/mol. The zero-order valence-corrected chi connectivity index (χ0v) is 39.1. The van der Waals surface area contributed by atoms with Crippen molar-refractivity contribution in [2.75, 3.05) is 16.9 Å². The number of amides is 2. The van der Waals surface area contributed by atoms with Crippen LogP contribution < -0.4 is 10.6 Å². The van der Waals surface area contributed by atoms with Gasteiger partial charge in [-0.2, -0.15) is 0 Å². The Balaban J connectivity index is 1.09. The molecule has 2 N–H and O–H groups in total. The standard InChI is InChI=1S/C52H46ClN5O7S2/c1-33(48(61)64-51(2,3)4)65-57-41(40-32-67-50(54-40)56-52(37-24-14-7-15-25-37,38-26-16-8-17-27-38)39-28-18-9-19-29-39)45(59)55-42-46(60)58-43(36(30-53)31-66-47(42)58)49(62)63-44(34-20-10-5-11-21-34)35-22-12-6-13-23-35/h5-29,32,42,44,47H,1,30-31H2,2-4H3,(H,54,56)(H,55,59)/t42?,47-/m1/s1. The fourth-order valence-corrected chi connectivity index (χ4v) is 10.2. The van der Waals surface area contributed by atoms with E-state index in [0.29, 0.717) is 16.5 Å². The fraction of sp³-hybridized carbons (Fsp3) is 0.192. The van der Waals surface area contributed by atoms with Crippen LogP contribution >= 0.6 is 34.7 Å². The summed E-state index contributed by atoms with van der Waals surface area (Å²) in [7, 11) is 0. The average Bonchev–Trinajstić information content (AvgIpc) is 3.82. The summed E-state index contributed by atoms with van der Waals surface area (Å²) in [6, 6.07) is 47.3. The maximum absolute atomic E-state index is 14.5. The molecule has 3 heterocycles. The van der Waals surface area contributed by atoms with Gasteiger partial charge in [-0.25, -0.2) is 14.6 Å². The minimum absolute atomic E-state index is 0.0255. The predicted octanol–water partition coefficient (Wildman–Crippen LogP) is 9.35. The number of alkyl halides is 1. The number of carbonyl (C=O) groups is 4. The van der Waals surface area contributed by atoms with Crippen LogP contribution in [0.25, 0.3) is 0 Å². The number of hydrogen-bond acceptors (Lipinski definition) is 12. The second-order valence-electron chi connectivity index (χ2n) is 16.5. The number of nitrogens with one attached hydrogen (secondary N) is 2. The van der Waals surface area contributed by atoms with Gasteiger partial charge in [0.25, 0.3) is 11.8 Å². The highest BCUT2D eigenvalue weighted by Gasteiger charge is 2.55. The molecule has 1 fully saturated rings. The van der Waals surface area contributed by atoms with E-state index < -0.39 is 58.2 Å². The van der Waals surface area contributed by atoms with Gasteiger partial charge in [0.05, 0.1) is 0 Å². The van der Waals surface area contributed by atoms with E-state index in [9.17, 15) is 19.2 Å². The molecule has 0 aliphatic carbocycles. The van der Waals surface area contributed by atoms with E-state index >= 15 is 0 Å². The molecule has 2 amide bonds. The summed E-state index contributed by atoms with van der Waals surface area (Å²) in [4.78, 5) is 67.5. The quantitative estimate of drug-likeness (QED) is 0.0141. The van der Waals surface area contributed by atoms with Crippen molar-refractivity contribution in [3.8, 4) is 0 Å². The van der Waals surface area contributed by atoms with E-state index in [4.69, 9.17) is 30.9 Å². The second kappa shape index (κ2) is 20.3. The lowest BCUT2D eigenvalue weighted by atomic mass is 9.77. The van der Waals surface area contributed by atoms with E-state index in [2.05, 4.69) is 22.4 Å². The maximum Gasteiger partial charge on any atom is 0.376 e. The van der Waals surface area contributed by atoms with Gasteiger partial charge in [-0.05, 0) is 60.7 Å². The summed E-state index contributed by atoms with van der Waals surface area (Å²) in [6.07, 6.45) is -0.774. The number of benzene rings is 5. The molecule has 15 heteroatoms. The lowest BCUT2D eigenvalue weighted by Crippen LogP contribution is -2.71. The number of anilines is 1. The molecule has 0 spiro atoms. The molecule has 1 saturated heterocycles. The second-order valence-corrected chi connectivity index (χ2v) is 18.8. The van der Waals surface area contributed by atoms with Crippen LogP contribution in [0.2, 0.25) is 0 Å². The predicted molar refractivity (Wildman–Crippen MR) is 261 cm³/mol. The number of fused-ring (bicyclic) bond motifs is 1. The molecule has 2 aliphatic heterocycles. The van der Waals surface area contributed by atoms with Crippen LogP contribution in [0.3, 0.4) is 0 Å². The summed E-state index contributed by atoms with van der Waals surface area (Å²) < 4.78 is 11.6. The molecule has 0 saturated carbocycles. The van der Waals surface area contributed by atoms with Crippen molar-refractivity contribution in [3.63, 3.8) is 0 Å². The first kappa shape index (κ1) is 46.5. The first-order chi connectivity index (χ1) is 32.4. The highest BCUT2D eigenvalue weighted by Crippen LogP contribution is 2.43. The van der Waals surface area contributed by atoms with Crippen LogP contribution in [0.15, 0.2) is 186 Å². The number of β-lactam (4-membered cyclic amide) rings is 1. The normalized spacial score (nSPS) is 16.1. The smallest absolute Gasteiger partial charge is 0.376 e. The summed E-state index contributed by atoms with van der Waals surface area (Å²) in [5.74, 6) is -3.23. The number of halogens is 1.